The van der Waals surface area contributed by atoms with Crippen molar-refractivity contribution in [1.29, 1.82) is 0 Å². The summed E-state index contributed by atoms with van der Waals surface area (Å²) in [5, 5.41) is 6.13. The Labute approximate surface area is 105 Å². The van der Waals surface area contributed by atoms with Crippen molar-refractivity contribution in [3.8, 4) is 11.5 Å². The summed E-state index contributed by atoms with van der Waals surface area (Å²) in [4.78, 5) is 12.0. The maximum atomic E-state index is 12.0. The second-order valence-corrected chi connectivity index (χ2v) is 4.56. The summed E-state index contributed by atoms with van der Waals surface area (Å²) in [6, 6.07) is 5.35. The van der Waals surface area contributed by atoms with Crippen molar-refractivity contribution in [2.75, 3.05) is 18.7 Å². The molecule has 5 heteroatoms. The van der Waals surface area contributed by atoms with Crippen LogP contribution in [0.25, 0.3) is 0 Å². The molecule has 2 heterocycles. The molecule has 96 valence electrons. The average molecular weight is 248 g/mol. The number of ether oxygens (including phenoxy) is 2. The Morgan fingerprint density at radius 2 is 2.17 bits per heavy atom. The minimum absolute atomic E-state index is 0.0218. The fourth-order valence-corrected chi connectivity index (χ4v) is 2.28. The average Bonchev–Trinajstić information content (AvgIpc) is 2.87. The highest BCUT2D eigenvalue weighted by Gasteiger charge is 2.21. The molecule has 1 fully saturated rings. The first kappa shape index (κ1) is 11.3. The molecule has 2 aliphatic heterocycles. The predicted octanol–water partition coefficient (Wildman–Crippen LogP) is 1.50. The Morgan fingerprint density at radius 1 is 1.28 bits per heavy atom. The Bertz CT molecular complexity index is 456. The number of carbonyl (C=O) groups excluding carboxylic acids is 1. The number of amides is 1. The van der Waals surface area contributed by atoms with Gasteiger partial charge in [-0.15, -0.1) is 0 Å². The first-order valence-electron chi connectivity index (χ1n) is 6.27. The van der Waals surface area contributed by atoms with E-state index in [1.807, 2.05) is 12.1 Å². The van der Waals surface area contributed by atoms with Gasteiger partial charge in [0.1, 0.15) is 0 Å². The molecular weight excluding hydrogens is 232 g/mol. The van der Waals surface area contributed by atoms with Gasteiger partial charge < -0.3 is 20.1 Å². The lowest BCUT2D eigenvalue weighted by Crippen LogP contribution is -2.43. The van der Waals surface area contributed by atoms with Gasteiger partial charge in [-0.2, -0.15) is 0 Å². The first-order chi connectivity index (χ1) is 8.83. The van der Waals surface area contributed by atoms with Crippen LogP contribution in [0.4, 0.5) is 5.69 Å². The van der Waals surface area contributed by atoms with Crippen LogP contribution in [0.2, 0.25) is 0 Å². The molecule has 0 aliphatic carbocycles. The van der Waals surface area contributed by atoms with Crippen LogP contribution in [0.5, 0.6) is 11.5 Å². The number of hydrogen-bond acceptors (Lipinski definition) is 4. The minimum atomic E-state index is -0.0795. The summed E-state index contributed by atoms with van der Waals surface area (Å²) in [5.74, 6) is 1.43. The van der Waals surface area contributed by atoms with E-state index in [9.17, 15) is 4.79 Å². The molecule has 1 aromatic carbocycles. The number of benzene rings is 1. The maximum absolute atomic E-state index is 12.0. The molecule has 2 aliphatic rings. The molecule has 0 spiro atoms. The van der Waals surface area contributed by atoms with E-state index in [4.69, 9.17) is 9.47 Å². The van der Waals surface area contributed by atoms with Crippen molar-refractivity contribution >= 4 is 11.6 Å². The molecule has 5 nitrogen and oxygen atoms in total. The van der Waals surface area contributed by atoms with Crippen molar-refractivity contribution in [2.45, 2.75) is 25.3 Å². The fraction of sp³-hybridized carbons (Fsp3) is 0.462. The molecule has 1 atom stereocenters. The molecule has 1 saturated heterocycles. The highest BCUT2D eigenvalue weighted by atomic mass is 16.7. The van der Waals surface area contributed by atoms with Crippen molar-refractivity contribution in [3.63, 3.8) is 0 Å². The summed E-state index contributed by atoms with van der Waals surface area (Å²) in [5.41, 5.74) is 0.747. The number of anilines is 1. The molecule has 0 saturated carbocycles. The second kappa shape index (κ2) is 4.86. The van der Waals surface area contributed by atoms with Crippen LogP contribution in [0.3, 0.4) is 0 Å². The van der Waals surface area contributed by atoms with Crippen LogP contribution in [-0.4, -0.2) is 25.3 Å². The molecule has 0 aromatic heterocycles. The van der Waals surface area contributed by atoms with Gasteiger partial charge in [-0.05, 0) is 31.5 Å². The zero-order valence-corrected chi connectivity index (χ0v) is 10.1. The van der Waals surface area contributed by atoms with Crippen LogP contribution in [-0.2, 0) is 4.79 Å². The van der Waals surface area contributed by atoms with Crippen LogP contribution < -0.4 is 20.1 Å². The number of fused-ring (bicyclic) bond motifs is 1. The smallest absolute Gasteiger partial charge is 0.241 e. The monoisotopic (exact) mass is 248 g/mol. The van der Waals surface area contributed by atoms with Gasteiger partial charge in [0.25, 0.3) is 0 Å². The quantitative estimate of drug-likeness (QED) is 0.832. The van der Waals surface area contributed by atoms with Crippen LogP contribution >= 0.6 is 0 Å². The highest BCUT2D eigenvalue weighted by Crippen LogP contribution is 2.34. The van der Waals surface area contributed by atoms with E-state index in [-0.39, 0.29) is 18.7 Å². The van der Waals surface area contributed by atoms with Crippen molar-refractivity contribution in [3.05, 3.63) is 18.2 Å². The molecule has 2 N–H and O–H groups in total. The van der Waals surface area contributed by atoms with Crippen molar-refractivity contribution < 1.29 is 14.3 Å². The SMILES string of the molecule is O=C(Nc1ccc2c(c1)OCO2)[C@@H]1CCCCN1. The van der Waals surface area contributed by atoms with Crippen molar-refractivity contribution in [2.24, 2.45) is 0 Å². The molecular formula is C13H16N2O3. The van der Waals surface area contributed by atoms with Gasteiger partial charge in [0.05, 0.1) is 6.04 Å². The lowest BCUT2D eigenvalue weighted by molar-refractivity contribution is -0.118. The summed E-state index contributed by atoms with van der Waals surface area (Å²) in [6.07, 6.45) is 3.15. The molecule has 1 amide bonds. The third-order valence-corrected chi connectivity index (χ3v) is 3.27. The number of piperidine rings is 1. The molecule has 3 rings (SSSR count). The highest BCUT2D eigenvalue weighted by molar-refractivity contribution is 5.95. The van der Waals surface area contributed by atoms with E-state index < -0.39 is 0 Å². The Kier molecular flexibility index (Phi) is 3.06. The summed E-state index contributed by atoms with van der Waals surface area (Å²) >= 11 is 0. The van der Waals surface area contributed by atoms with Gasteiger partial charge in [-0.1, -0.05) is 6.42 Å². The Hall–Kier alpha value is -1.75. The maximum Gasteiger partial charge on any atom is 0.241 e. The van der Waals surface area contributed by atoms with E-state index in [1.165, 1.54) is 0 Å². The molecule has 0 bridgehead atoms. The third kappa shape index (κ3) is 2.26. The topological polar surface area (TPSA) is 59.6 Å². The lowest BCUT2D eigenvalue weighted by Gasteiger charge is -2.22. The predicted molar refractivity (Wildman–Crippen MR) is 66.8 cm³/mol. The largest absolute Gasteiger partial charge is 0.454 e. The first-order valence-corrected chi connectivity index (χ1v) is 6.27. The zero-order chi connectivity index (χ0) is 12.4. The number of rotatable bonds is 2. The lowest BCUT2D eigenvalue weighted by atomic mass is 10.0. The summed E-state index contributed by atoms with van der Waals surface area (Å²) in [7, 11) is 0. The van der Waals surface area contributed by atoms with Crippen molar-refractivity contribution in [1.82, 2.24) is 5.32 Å². The summed E-state index contributed by atoms with van der Waals surface area (Å²) in [6.45, 7) is 1.16. The van der Waals surface area contributed by atoms with E-state index in [0.29, 0.717) is 5.75 Å². The molecule has 0 unspecified atom stereocenters. The van der Waals surface area contributed by atoms with Gasteiger partial charge in [0, 0.05) is 11.8 Å². The van der Waals surface area contributed by atoms with E-state index >= 15 is 0 Å². The standard InChI is InChI=1S/C13H16N2O3/c16-13(10-3-1-2-6-14-10)15-9-4-5-11-12(7-9)18-8-17-11/h4-5,7,10,14H,1-3,6,8H2,(H,15,16)/t10-/m0/s1. The number of carbonyl (C=O) groups is 1. The second-order valence-electron chi connectivity index (χ2n) is 4.56. The van der Waals surface area contributed by atoms with Crippen LogP contribution in [0.1, 0.15) is 19.3 Å². The van der Waals surface area contributed by atoms with E-state index in [2.05, 4.69) is 10.6 Å². The van der Waals surface area contributed by atoms with Gasteiger partial charge in [0.15, 0.2) is 11.5 Å². The Morgan fingerprint density at radius 3 is 3.00 bits per heavy atom. The van der Waals surface area contributed by atoms with E-state index in [1.54, 1.807) is 6.07 Å². The van der Waals surface area contributed by atoms with Crippen LogP contribution in [0, 0.1) is 0 Å². The summed E-state index contributed by atoms with van der Waals surface area (Å²) < 4.78 is 10.5. The fourth-order valence-electron chi connectivity index (χ4n) is 2.28. The van der Waals surface area contributed by atoms with Gasteiger partial charge >= 0.3 is 0 Å². The number of hydrogen-bond donors (Lipinski definition) is 2. The van der Waals surface area contributed by atoms with Crippen LogP contribution in [0.15, 0.2) is 18.2 Å². The molecule has 0 radical (unpaired) electrons. The van der Waals surface area contributed by atoms with Gasteiger partial charge in [-0.25, -0.2) is 0 Å². The molecule has 1 aromatic rings. The molecule has 18 heavy (non-hydrogen) atoms. The number of nitrogens with one attached hydrogen (secondary N) is 2. The van der Waals surface area contributed by atoms with Gasteiger partial charge in [-0.3, -0.25) is 4.79 Å². The normalized spacial score (nSPS) is 21.7. The zero-order valence-electron chi connectivity index (χ0n) is 10.1. The minimum Gasteiger partial charge on any atom is -0.454 e. The third-order valence-electron chi connectivity index (χ3n) is 3.27. The van der Waals surface area contributed by atoms with E-state index in [0.717, 1.165) is 37.2 Å². The Balaban J connectivity index is 1.66. The van der Waals surface area contributed by atoms with Gasteiger partial charge in [0.2, 0.25) is 12.7 Å².